The lowest BCUT2D eigenvalue weighted by molar-refractivity contribution is 0.236. The minimum atomic E-state index is -0.159. The van der Waals surface area contributed by atoms with Crippen LogP contribution in [0.25, 0.3) is 0 Å². The lowest BCUT2D eigenvalue weighted by Gasteiger charge is -2.16. The maximum absolute atomic E-state index is 11.9. The van der Waals surface area contributed by atoms with Crippen molar-refractivity contribution in [3.8, 4) is 0 Å². The second kappa shape index (κ2) is 8.43. The van der Waals surface area contributed by atoms with Gasteiger partial charge in [0.1, 0.15) is 12.7 Å². The number of carbonyl (C=O) groups is 1. The van der Waals surface area contributed by atoms with E-state index in [1.54, 1.807) is 22.8 Å². The zero-order valence-electron chi connectivity index (χ0n) is 12.8. The molecule has 0 aliphatic carbocycles. The van der Waals surface area contributed by atoms with Gasteiger partial charge < -0.3 is 10.6 Å². The number of urea groups is 1. The van der Waals surface area contributed by atoms with E-state index in [4.69, 9.17) is 0 Å². The molecule has 118 valence electrons. The first-order chi connectivity index (χ1) is 10.6. The van der Waals surface area contributed by atoms with Crippen LogP contribution >= 0.6 is 11.8 Å². The smallest absolute Gasteiger partial charge is 0.315 e. The lowest BCUT2D eigenvalue weighted by atomic mass is 10.3. The predicted molar refractivity (Wildman–Crippen MR) is 87.8 cm³/mol. The van der Waals surface area contributed by atoms with E-state index in [1.165, 1.54) is 11.2 Å². The molecular formula is C15H21N5OS. The highest BCUT2D eigenvalue weighted by Gasteiger charge is 2.10. The predicted octanol–water partition coefficient (Wildman–Crippen LogP) is 2.15. The Morgan fingerprint density at radius 2 is 2.09 bits per heavy atom. The molecule has 2 N–H and O–H groups in total. The molecule has 0 bridgehead atoms. The van der Waals surface area contributed by atoms with E-state index in [9.17, 15) is 4.79 Å². The van der Waals surface area contributed by atoms with Crippen molar-refractivity contribution < 1.29 is 4.79 Å². The van der Waals surface area contributed by atoms with E-state index >= 15 is 0 Å². The van der Waals surface area contributed by atoms with Crippen LogP contribution in [-0.4, -0.2) is 38.6 Å². The van der Waals surface area contributed by atoms with E-state index in [0.717, 1.165) is 0 Å². The molecule has 0 saturated carbocycles. The standard InChI is InChI=1S/C15H21N5OS/c1-12(9-20-11-16-10-18-20)19-15(21)17-8-13(2)22-14-6-4-3-5-7-14/h3-7,10-13H,8-9H2,1-2H3,(H2,17,19,21)/t12-,13-/m0/s1. The summed E-state index contributed by atoms with van der Waals surface area (Å²) in [5.74, 6) is 0. The number of aromatic nitrogens is 3. The number of nitrogens with zero attached hydrogens (tertiary/aromatic N) is 3. The Labute approximate surface area is 134 Å². The van der Waals surface area contributed by atoms with Crippen LogP contribution in [-0.2, 0) is 6.54 Å². The third-order valence-corrected chi connectivity index (χ3v) is 4.05. The van der Waals surface area contributed by atoms with Crippen molar-refractivity contribution in [3.05, 3.63) is 43.0 Å². The maximum atomic E-state index is 11.9. The van der Waals surface area contributed by atoms with Crippen molar-refractivity contribution in [1.82, 2.24) is 25.4 Å². The summed E-state index contributed by atoms with van der Waals surface area (Å²) in [6.07, 6.45) is 3.12. The van der Waals surface area contributed by atoms with Crippen molar-refractivity contribution in [2.24, 2.45) is 0 Å². The highest BCUT2D eigenvalue weighted by Crippen LogP contribution is 2.21. The van der Waals surface area contributed by atoms with Crippen molar-refractivity contribution in [1.29, 1.82) is 0 Å². The second-order valence-corrected chi connectivity index (χ2v) is 6.63. The highest BCUT2D eigenvalue weighted by molar-refractivity contribution is 8.00. The zero-order valence-corrected chi connectivity index (χ0v) is 13.6. The maximum Gasteiger partial charge on any atom is 0.315 e. The molecule has 0 unspecified atom stereocenters. The van der Waals surface area contributed by atoms with E-state index in [-0.39, 0.29) is 12.1 Å². The topological polar surface area (TPSA) is 71.8 Å². The molecule has 1 heterocycles. The van der Waals surface area contributed by atoms with Crippen LogP contribution in [0.15, 0.2) is 47.9 Å². The Bertz CT molecular complexity index is 561. The van der Waals surface area contributed by atoms with Crippen LogP contribution in [0.4, 0.5) is 4.79 Å². The van der Waals surface area contributed by atoms with Gasteiger partial charge in [-0.1, -0.05) is 25.1 Å². The van der Waals surface area contributed by atoms with Gasteiger partial charge in [0.15, 0.2) is 0 Å². The molecule has 1 aromatic carbocycles. The summed E-state index contributed by atoms with van der Waals surface area (Å²) in [5.41, 5.74) is 0. The number of carbonyl (C=O) groups excluding carboxylic acids is 1. The second-order valence-electron chi connectivity index (χ2n) is 5.11. The molecular weight excluding hydrogens is 298 g/mol. The summed E-state index contributed by atoms with van der Waals surface area (Å²) in [7, 11) is 0. The molecule has 0 spiro atoms. The summed E-state index contributed by atoms with van der Waals surface area (Å²) < 4.78 is 1.69. The van der Waals surface area contributed by atoms with Gasteiger partial charge in [0.25, 0.3) is 0 Å². The van der Waals surface area contributed by atoms with Gasteiger partial charge in [-0.15, -0.1) is 11.8 Å². The van der Waals surface area contributed by atoms with Crippen LogP contribution in [0.2, 0.25) is 0 Å². The molecule has 0 saturated heterocycles. The van der Waals surface area contributed by atoms with Gasteiger partial charge in [0.05, 0.1) is 6.54 Å². The number of benzene rings is 1. The fourth-order valence-corrected chi connectivity index (χ4v) is 2.88. The fraction of sp³-hybridized carbons (Fsp3) is 0.400. The number of amides is 2. The van der Waals surface area contributed by atoms with Gasteiger partial charge in [-0.25, -0.2) is 9.78 Å². The largest absolute Gasteiger partial charge is 0.337 e. The molecule has 0 fully saturated rings. The number of nitrogens with one attached hydrogen (secondary N) is 2. The van der Waals surface area contributed by atoms with Gasteiger partial charge in [-0.05, 0) is 19.1 Å². The normalized spacial score (nSPS) is 13.4. The van der Waals surface area contributed by atoms with E-state index < -0.39 is 0 Å². The summed E-state index contributed by atoms with van der Waals surface area (Å²) in [5, 5.41) is 10.1. The quantitative estimate of drug-likeness (QED) is 0.767. The SMILES string of the molecule is C[C@@H](Cn1cncn1)NC(=O)NC[C@H](C)Sc1ccccc1. The molecule has 6 nitrogen and oxygen atoms in total. The lowest BCUT2D eigenvalue weighted by Crippen LogP contribution is -2.44. The summed E-state index contributed by atoms with van der Waals surface area (Å²) in [4.78, 5) is 16.9. The zero-order chi connectivity index (χ0) is 15.8. The molecule has 7 heteroatoms. The van der Waals surface area contributed by atoms with Crippen molar-refractivity contribution in [3.63, 3.8) is 0 Å². The number of thioether (sulfide) groups is 1. The van der Waals surface area contributed by atoms with Crippen molar-refractivity contribution >= 4 is 17.8 Å². The summed E-state index contributed by atoms with van der Waals surface area (Å²) >= 11 is 1.74. The van der Waals surface area contributed by atoms with Crippen LogP contribution in [0.5, 0.6) is 0 Å². The molecule has 1 aromatic heterocycles. The average Bonchev–Trinajstić information content (AvgIpc) is 2.99. The van der Waals surface area contributed by atoms with Crippen molar-refractivity contribution in [2.45, 2.75) is 36.6 Å². The first-order valence-electron chi connectivity index (χ1n) is 7.22. The molecule has 2 atom stereocenters. The molecule has 0 aliphatic heterocycles. The summed E-state index contributed by atoms with van der Waals surface area (Å²) in [6, 6.07) is 9.99. The fourth-order valence-electron chi connectivity index (χ4n) is 1.94. The molecule has 2 amide bonds. The molecule has 22 heavy (non-hydrogen) atoms. The van der Waals surface area contributed by atoms with Gasteiger partial charge in [-0.2, -0.15) is 5.10 Å². The van der Waals surface area contributed by atoms with E-state index in [2.05, 4.69) is 39.8 Å². The third-order valence-electron chi connectivity index (χ3n) is 2.94. The summed E-state index contributed by atoms with van der Waals surface area (Å²) in [6.45, 7) is 5.24. The van der Waals surface area contributed by atoms with Gasteiger partial charge >= 0.3 is 6.03 Å². The molecule has 2 rings (SSSR count). The number of hydrogen-bond donors (Lipinski definition) is 2. The van der Waals surface area contributed by atoms with Gasteiger partial charge in [-0.3, -0.25) is 4.68 Å². The minimum Gasteiger partial charge on any atom is -0.337 e. The first-order valence-corrected chi connectivity index (χ1v) is 8.10. The monoisotopic (exact) mass is 319 g/mol. The Morgan fingerprint density at radius 3 is 2.77 bits per heavy atom. The van der Waals surface area contributed by atoms with Gasteiger partial charge in [0.2, 0.25) is 0 Å². The number of hydrogen-bond acceptors (Lipinski definition) is 4. The Balaban J connectivity index is 1.66. The Hall–Kier alpha value is -2.02. The Morgan fingerprint density at radius 1 is 1.32 bits per heavy atom. The first kappa shape index (κ1) is 16.4. The minimum absolute atomic E-state index is 0.0150. The molecule has 0 aliphatic rings. The highest BCUT2D eigenvalue weighted by atomic mass is 32.2. The van der Waals surface area contributed by atoms with Gasteiger partial charge in [0, 0.05) is 22.7 Å². The number of rotatable bonds is 7. The Kier molecular flexibility index (Phi) is 6.27. The van der Waals surface area contributed by atoms with Crippen LogP contribution in [0.3, 0.4) is 0 Å². The molecule has 2 aromatic rings. The van der Waals surface area contributed by atoms with Crippen LogP contribution in [0, 0.1) is 0 Å². The van der Waals surface area contributed by atoms with Crippen LogP contribution < -0.4 is 10.6 Å². The third kappa shape index (κ3) is 5.77. The van der Waals surface area contributed by atoms with E-state index in [1.807, 2.05) is 25.1 Å². The molecule has 0 radical (unpaired) electrons. The van der Waals surface area contributed by atoms with Crippen molar-refractivity contribution in [2.75, 3.05) is 6.54 Å². The van der Waals surface area contributed by atoms with E-state index in [0.29, 0.717) is 18.3 Å². The van der Waals surface area contributed by atoms with Crippen LogP contribution in [0.1, 0.15) is 13.8 Å². The average molecular weight is 319 g/mol.